The number of anilines is 1. The average Bonchev–Trinajstić information content (AvgIpc) is 3.45. The van der Waals surface area contributed by atoms with Crippen LogP contribution >= 0.6 is 15.9 Å². The summed E-state index contributed by atoms with van der Waals surface area (Å²) >= 11 is 3.27. The standard InChI is InChI=1S/C26H31BrN4O6S/c27-19-5-9-21(10-6-19)38(35,36)31-23(26(34)37-25(33)22-2-1-13-29-22)16-17-3-7-20(8-4-17)30-24(32)18-11-14-28-15-12-18/h3-10,18,22-23,28-29,31H,1-2,11-16H2,(H,30,32)/t22-,23-/m0/s1. The van der Waals surface area contributed by atoms with Crippen molar-refractivity contribution in [3.63, 3.8) is 0 Å². The molecule has 2 aliphatic rings. The number of hydrogen-bond donors (Lipinski definition) is 4. The number of halogens is 1. The molecule has 10 nitrogen and oxygen atoms in total. The third kappa shape index (κ3) is 7.70. The largest absolute Gasteiger partial charge is 0.391 e. The summed E-state index contributed by atoms with van der Waals surface area (Å²) in [5.41, 5.74) is 1.23. The van der Waals surface area contributed by atoms with Gasteiger partial charge < -0.3 is 20.7 Å². The Balaban J connectivity index is 1.47. The van der Waals surface area contributed by atoms with Crippen molar-refractivity contribution >= 4 is 49.5 Å². The highest BCUT2D eigenvalue weighted by Gasteiger charge is 2.32. The van der Waals surface area contributed by atoms with E-state index in [-0.39, 0.29) is 23.1 Å². The molecule has 0 unspecified atom stereocenters. The number of esters is 2. The van der Waals surface area contributed by atoms with E-state index in [4.69, 9.17) is 4.74 Å². The number of rotatable bonds is 9. The van der Waals surface area contributed by atoms with Crippen LogP contribution in [0.25, 0.3) is 0 Å². The Labute approximate surface area is 230 Å². The van der Waals surface area contributed by atoms with Gasteiger partial charge in [-0.1, -0.05) is 28.1 Å². The minimum Gasteiger partial charge on any atom is -0.391 e. The summed E-state index contributed by atoms with van der Waals surface area (Å²) in [4.78, 5) is 37.9. The molecule has 38 heavy (non-hydrogen) atoms. The fourth-order valence-electron chi connectivity index (χ4n) is 4.46. The van der Waals surface area contributed by atoms with Crippen molar-refractivity contribution in [1.82, 2.24) is 15.4 Å². The average molecular weight is 608 g/mol. The van der Waals surface area contributed by atoms with E-state index in [2.05, 4.69) is 36.6 Å². The molecule has 2 aliphatic heterocycles. The zero-order valence-corrected chi connectivity index (χ0v) is 23.1. The van der Waals surface area contributed by atoms with Crippen LogP contribution in [-0.4, -0.2) is 58.0 Å². The molecular formula is C26H31BrN4O6S. The number of hydrogen-bond acceptors (Lipinski definition) is 8. The van der Waals surface area contributed by atoms with Gasteiger partial charge >= 0.3 is 11.9 Å². The fourth-order valence-corrected chi connectivity index (χ4v) is 5.91. The van der Waals surface area contributed by atoms with Crippen molar-refractivity contribution in [3.05, 3.63) is 58.6 Å². The maximum absolute atomic E-state index is 13.0. The van der Waals surface area contributed by atoms with Gasteiger partial charge in [0.15, 0.2) is 0 Å². The lowest BCUT2D eigenvalue weighted by Crippen LogP contribution is -2.45. The molecule has 1 amide bonds. The van der Waals surface area contributed by atoms with Gasteiger partial charge in [-0.15, -0.1) is 0 Å². The summed E-state index contributed by atoms with van der Waals surface area (Å²) in [7, 11) is -4.09. The summed E-state index contributed by atoms with van der Waals surface area (Å²) in [5, 5.41) is 9.11. The number of amides is 1. The topological polar surface area (TPSA) is 143 Å². The lowest BCUT2D eigenvalue weighted by molar-refractivity contribution is -0.162. The van der Waals surface area contributed by atoms with Crippen LogP contribution in [0.3, 0.4) is 0 Å². The van der Waals surface area contributed by atoms with E-state index in [1.807, 2.05) is 0 Å². The van der Waals surface area contributed by atoms with Crippen molar-refractivity contribution in [2.24, 2.45) is 5.92 Å². The zero-order chi connectivity index (χ0) is 27.1. The van der Waals surface area contributed by atoms with E-state index in [0.29, 0.717) is 28.7 Å². The first-order valence-electron chi connectivity index (χ1n) is 12.6. The molecule has 2 aromatic rings. The Hall–Kier alpha value is -2.64. The number of nitrogens with one attached hydrogen (secondary N) is 4. The Morgan fingerprint density at radius 1 is 0.974 bits per heavy atom. The van der Waals surface area contributed by atoms with Crippen LogP contribution in [-0.2, 0) is 35.6 Å². The van der Waals surface area contributed by atoms with Crippen molar-refractivity contribution in [2.75, 3.05) is 25.0 Å². The molecule has 4 N–H and O–H groups in total. The molecule has 4 rings (SSSR count). The monoisotopic (exact) mass is 606 g/mol. The van der Waals surface area contributed by atoms with Crippen molar-refractivity contribution in [3.8, 4) is 0 Å². The Kier molecular flexibility index (Phi) is 9.66. The normalized spacial score (nSPS) is 19.0. The van der Waals surface area contributed by atoms with Crippen LogP contribution in [0.1, 0.15) is 31.2 Å². The van der Waals surface area contributed by atoms with Gasteiger partial charge in [0, 0.05) is 16.1 Å². The second kappa shape index (κ2) is 12.9. The van der Waals surface area contributed by atoms with Gasteiger partial charge in [0.2, 0.25) is 15.9 Å². The number of piperidine rings is 1. The van der Waals surface area contributed by atoms with Crippen LogP contribution in [0.15, 0.2) is 57.9 Å². The summed E-state index contributed by atoms with van der Waals surface area (Å²) in [5.74, 6) is -1.79. The quantitative estimate of drug-likeness (QED) is 0.251. The van der Waals surface area contributed by atoms with E-state index in [1.165, 1.54) is 12.1 Å². The molecule has 2 fully saturated rings. The van der Waals surface area contributed by atoms with Crippen LogP contribution in [0, 0.1) is 5.92 Å². The highest BCUT2D eigenvalue weighted by Crippen LogP contribution is 2.19. The third-order valence-corrected chi connectivity index (χ3v) is 8.64. The van der Waals surface area contributed by atoms with Crippen molar-refractivity contribution in [1.29, 1.82) is 0 Å². The number of sulfonamides is 1. The highest BCUT2D eigenvalue weighted by atomic mass is 79.9. The predicted octanol–water partition coefficient (Wildman–Crippen LogP) is 2.10. The number of carbonyl (C=O) groups is 3. The molecule has 0 aliphatic carbocycles. The maximum atomic E-state index is 13.0. The van der Waals surface area contributed by atoms with E-state index in [1.54, 1.807) is 36.4 Å². The fraction of sp³-hybridized carbons (Fsp3) is 0.423. The molecule has 0 saturated carbocycles. The van der Waals surface area contributed by atoms with Gasteiger partial charge in [0.05, 0.1) is 4.90 Å². The van der Waals surface area contributed by atoms with Crippen LogP contribution in [0.5, 0.6) is 0 Å². The molecule has 2 saturated heterocycles. The summed E-state index contributed by atoms with van der Waals surface area (Å²) < 4.78 is 34.2. The van der Waals surface area contributed by atoms with E-state index in [0.717, 1.165) is 32.4 Å². The highest BCUT2D eigenvalue weighted by molar-refractivity contribution is 9.10. The molecule has 0 aromatic heterocycles. The molecule has 2 aromatic carbocycles. The first kappa shape index (κ1) is 28.4. The first-order chi connectivity index (χ1) is 18.2. The molecule has 2 atom stereocenters. The predicted molar refractivity (Wildman–Crippen MR) is 145 cm³/mol. The molecule has 2 heterocycles. The van der Waals surface area contributed by atoms with Crippen LogP contribution < -0.4 is 20.7 Å². The minimum atomic E-state index is -4.09. The second-order valence-corrected chi connectivity index (χ2v) is 12.1. The van der Waals surface area contributed by atoms with Gasteiger partial charge in [-0.05, 0) is 93.7 Å². The number of benzene rings is 2. The van der Waals surface area contributed by atoms with E-state index >= 15 is 0 Å². The minimum absolute atomic E-state index is 0.0294. The van der Waals surface area contributed by atoms with Crippen molar-refractivity contribution in [2.45, 2.75) is 49.1 Å². The van der Waals surface area contributed by atoms with Crippen molar-refractivity contribution < 1.29 is 27.5 Å². The molecule has 0 bridgehead atoms. The van der Waals surface area contributed by atoms with E-state index < -0.39 is 34.0 Å². The van der Waals surface area contributed by atoms with Crippen LogP contribution in [0.4, 0.5) is 5.69 Å². The number of ether oxygens (including phenoxy) is 1. The smallest absolute Gasteiger partial charge is 0.332 e. The van der Waals surface area contributed by atoms with Gasteiger partial charge in [0.1, 0.15) is 12.1 Å². The molecule has 0 spiro atoms. The summed E-state index contributed by atoms with van der Waals surface area (Å²) in [6.45, 7) is 2.27. The molecule has 204 valence electrons. The van der Waals surface area contributed by atoms with Gasteiger partial charge in [0.25, 0.3) is 0 Å². The Morgan fingerprint density at radius 3 is 2.29 bits per heavy atom. The second-order valence-electron chi connectivity index (χ2n) is 9.43. The SMILES string of the molecule is O=C(Nc1ccc(C[C@H](NS(=O)(=O)c2ccc(Br)cc2)C(=O)OC(=O)[C@@H]2CCCN2)cc1)C1CCNCC1. The zero-order valence-electron chi connectivity index (χ0n) is 20.7. The lowest BCUT2D eigenvalue weighted by atomic mass is 9.97. The maximum Gasteiger partial charge on any atom is 0.332 e. The number of carbonyl (C=O) groups excluding carboxylic acids is 3. The first-order valence-corrected chi connectivity index (χ1v) is 14.9. The molecule has 12 heteroatoms. The third-order valence-electron chi connectivity index (χ3n) is 6.62. The van der Waals surface area contributed by atoms with Crippen LogP contribution in [0.2, 0.25) is 0 Å². The van der Waals surface area contributed by atoms with Gasteiger partial charge in [-0.3, -0.25) is 4.79 Å². The molecular weight excluding hydrogens is 576 g/mol. The Bertz CT molecular complexity index is 1240. The van der Waals surface area contributed by atoms with E-state index in [9.17, 15) is 22.8 Å². The Morgan fingerprint density at radius 2 is 1.66 bits per heavy atom. The van der Waals surface area contributed by atoms with Gasteiger partial charge in [-0.25, -0.2) is 18.0 Å². The lowest BCUT2D eigenvalue weighted by Gasteiger charge is -2.22. The summed E-state index contributed by atoms with van der Waals surface area (Å²) in [6, 6.07) is 10.8. The summed E-state index contributed by atoms with van der Waals surface area (Å²) in [6.07, 6.45) is 2.84. The molecule has 0 radical (unpaired) electrons. The van der Waals surface area contributed by atoms with Gasteiger partial charge in [-0.2, -0.15) is 4.72 Å².